The molecule has 1 N–H and O–H groups in total. The molecule has 1 aromatic heterocycles. The minimum atomic E-state index is -0.502. The van der Waals surface area contributed by atoms with Gasteiger partial charge in [0.05, 0.1) is 11.3 Å². The van der Waals surface area contributed by atoms with E-state index in [-0.39, 0.29) is 36.1 Å². The van der Waals surface area contributed by atoms with Crippen molar-refractivity contribution in [2.75, 3.05) is 5.32 Å². The van der Waals surface area contributed by atoms with Crippen LogP contribution in [0.15, 0.2) is 58.9 Å². The highest BCUT2D eigenvalue weighted by Gasteiger charge is 2.10. The predicted octanol–water partition coefficient (Wildman–Crippen LogP) is 3.97. The third kappa shape index (κ3) is 5.02. The molecule has 0 bridgehead atoms. The van der Waals surface area contributed by atoms with Gasteiger partial charge in [-0.15, -0.1) is 23.7 Å². The molecular formula is C18H16ClFN4O3S. The molecule has 1 heterocycles. The number of anilines is 1. The van der Waals surface area contributed by atoms with Gasteiger partial charge in [0, 0.05) is 35.9 Å². The highest BCUT2D eigenvalue weighted by molar-refractivity contribution is 7.07. The summed E-state index contributed by atoms with van der Waals surface area (Å²) in [6.45, 7) is 0. The Bertz CT molecular complexity index is 1060. The molecule has 10 heteroatoms. The van der Waals surface area contributed by atoms with Crippen LogP contribution in [0.3, 0.4) is 0 Å². The topological polar surface area (TPSA) is 89.5 Å². The Morgan fingerprint density at radius 3 is 2.57 bits per heavy atom. The first-order valence-electron chi connectivity index (χ1n) is 7.91. The molecule has 0 atom stereocenters. The Balaban J connectivity index is 0.00000280. The standard InChI is InChI=1S/C18H15FN4O3S.ClH/c1-22-14(11-27-18(22)21-16-5-3-2-4-15(16)19)10-17(24)20-12-6-8-13(9-7-12)23(25)26;/h2-9,11H,10H2,1H3,(H,20,24);1H. The lowest BCUT2D eigenvalue weighted by Gasteiger charge is -2.06. The van der Waals surface area contributed by atoms with E-state index >= 15 is 0 Å². The van der Waals surface area contributed by atoms with E-state index in [0.29, 0.717) is 10.5 Å². The van der Waals surface area contributed by atoms with Gasteiger partial charge in [-0.05, 0) is 24.3 Å². The lowest BCUT2D eigenvalue weighted by atomic mass is 10.2. The van der Waals surface area contributed by atoms with E-state index in [9.17, 15) is 19.3 Å². The first-order chi connectivity index (χ1) is 12.9. The molecule has 3 rings (SSSR count). The molecule has 2 aromatic carbocycles. The third-order valence-electron chi connectivity index (χ3n) is 3.79. The van der Waals surface area contributed by atoms with E-state index in [0.717, 1.165) is 5.69 Å². The fourth-order valence-electron chi connectivity index (χ4n) is 2.34. The molecule has 1 amide bonds. The highest BCUT2D eigenvalue weighted by atomic mass is 35.5. The molecule has 0 aliphatic rings. The lowest BCUT2D eigenvalue weighted by molar-refractivity contribution is -0.384. The van der Waals surface area contributed by atoms with Crippen LogP contribution in [0.4, 0.5) is 21.5 Å². The summed E-state index contributed by atoms with van der Waals surface area (Å²) in [6, 6.07) is 11.8. The monoisotopic (exact) mass is 422 g/mol. The first-order valence-corrected chi connectivity index (χ1v) is 8.79. The maximum atomic E-state index is 13.7. The van der Waals surface area contributed by atoms with Crippen LogP contribution in [0.5, 0.6) is 0 Å². The zero-order chi connectivity index (χ0) is 19.4. The van der Waals surface area contributed by atoms with Crippen LogP contribution in [-0.2, 0) is 18.3 Å². The number of carbonyl (C=O) groups excluding carboxylic acids is 1. The Kier molecular flexibility index (Phi) is 7.02. The fourth-order valence-corrected chi connectivity index (χ4v) is 3.25. The van der Waals surface area contributed by atoms with E-state index in [1.807, 2.05) is 0 Å². The zero-order valence-corrected chi connectivity index (χ0v) is 16.3. The van der Waals surface area contributed by atoms with Crippen LogP contribution in [0.2, 0.25) is 0 Å². The molecule has 3 aromatic rings. The quantitative estimate of drug-likeness (QED) is 0.498. The minimum Gasteiger partial charge on any atom is -0.326 e. The van der Waals surface area contributed by atoms with Gasteiger partial charge in [-0.3, -0.25) is 14.9 Å². The molecular weight excluding hydrogens is 407 g/mol. The van der Waals surface area contributed by atoms with Crippen molar-refractivity contribution in [1.29, 1.82) is 0 Å². The van der Waals surface area contributed by atoms with Gasteiger partial charge >= 0.3 is 0 Å². The predicted molar refractivity (Wildman–Crippen MR) is 108 cm³/mol. The van der Waals surface area contributed by atoms with Crippen LogP contribution >= 0.6 is 23.7 Å². The van der Waals surface area contributed by atoms with E-state index in [4.69, 9.17) is 0 Å². The summed E-state index contributed by atoms with van der Waals surface area (Å²) < 4.78 is 15.5. The number of hydrogen-bond acceptors (Lipinski definition) is 5. The molecule has 0 saturated carbocycles. The molecule has 0 radical (unpaired) electrons. The number of halogens is 2. The van der Waals surface area contributed by atoms with Crippen molar-refractivity contribution in [2.24, 2.45) is 12.0 Å². The summed E-state index contributed by atoms with van der Waals surface area (Å²) in [5.41, 5.74) is 1.38. The largest absolute Gasteiger partial charge is 0.326 e. The SMILES string of the molecule is Cl.Cn1c(CC(=O)Nc2ccc([N+](=O)[O-])cc2)csc1=Nc1ccccc1F. The van der Waals surface area contributed by atoms with Gasteiger partial charge in [0.1, 0.15) is 11.5 Å². The van der Waals surface area contributed by atoms with Gasteiger partial charge in [-0.1, -0.05) is 12.1 Å². The van der Waals surface area contributed by atoms with Crippen molar-refractivity contribution < 1.29 is 14.1 Å². The third-order valence-corrected chi connectivity index (χ3v) is 4.76. The van der Waals surface area contributed by atoms with E-state index in [2.05, 4.69) is 10.3 Å². The van der Waals surface area contributed by atoms with Crippen LogP contribution in [0.1, 0.15) is 5.69 Å². The van der Waals surface area contributed by atoms with E-state index in [1.165, 1.54) is 41.7 Å². The molecule has 146 valence electrons. The van der Waals surface area contributed by atoms with Gasteiger partial charge in [0.25, 0.3) is 5.69 Å². The van der Waals surface area contributed by atoms with Crippen molar-refractivity contribution in [3.8, 4) is 0 Å². The van der Waals surface area contributed by atoms with Crippen molar-refractivity contribution in [3.63, 3.8) is 0 Å². The number of nitro groups is 1. The maximum Gasteiger partial charge on any atom is 0.269 e. The second-order valence-electron chi connectivity index (χ2n) is 5.66. The summed E-state index contributed by atoms with van der Waals surface area (Å²) in [5.74, 6) is -0.682. The second kappa shape index (κ2) is 9.25. The summed E-state index contributed by atoms with van der Waals surface area (Å²) in [6.07, 6.45) is 0.0940. The normalized spacial score (nSPS) is 11.0. The number of benzene rings is 2. The van der Waals surface area contributed by atoms with E-state index in [1.54, 1.807) is 35.2 Å². The summed E-state index contributed by atoms with van der Waals surface area (Å²) in [7, 11) is 1.75. The van der Waals surface area contributed by atoms with Gasteiger partial charge in [-0.2, -0.15) is 0 Å². The Labute approximate surface area is 169 Å². The van der Waals surface area contributed by atoms with Gasteiger partial charge < -0.3 is 9.88 Å². The highest BCUT2D eigenvalue weighted by Crippen LogP contribution is 2.17. The van der Waals surface area contributed by atoms with Crippen LogP contribution < -0.4 is 10.1 Å². The smallest absolute Gasteiger partial charge is 0.269 e. The number of nitro benzene ring substituents is 1. The van der Waals surface area contributed by atoms with Gasteiger partial charge in [0.15, 0.2) is 4.80 Å². The first kappa shape index (κ1) is 21.3. The second-order valence-corrected chi connectivity index (χ2v) is 6.50. The number of thiazole rings is 1. The number of rotatable bonds is 5. The number of para-hydroxylation sites is 1. The Hall–Kier alpha value is -3.04. The van der Waals surface area contributed by atoms with Crippen LogP contribution in [-0.4, -0.2) is 15.4 Å². The molecule has 0 saturated heterocycles. The molecule has 0 spiro atoms. The number of aromatic nitrogens is 1. The number of carbonyl (C=O) groups is 1. The zero-order valence-electron chi connectivity index (χ0n) is 14.7. The number of hydrogen-bond donors (Lipinski definition) is 1. The Morgan fingerprint density at radius 2 is 1.93 bits per heavy atom. The van der Waals surface area contributed by atoms with Crippen LogP contribution in [0.25, 0.3) is 0 Å². The molecule has 0 unspecified atom stereocenters. The fraction of sp³-hybridized carbons (Fsp3) is 0.111. The average Bonchev–Trinajstić information content (AvgIpc) is 2.97. The Morgan fingerprint density at radius 1 is 1.25 bits per heavy atom. The van der Waals surface area contributed by atoms with Crippen molar-refractivity contribution in [2.45, 2.75) is 6.42 Å². The van der Waals surface area contributed by atoms with Gasteiger partial charge in [-0.25, -0.2) is 9.38 Å². The summed E-state index contributed by atoms with van der Waals surface area (Å²) in [4.78, 5) is 27.2. The number of nitrogens with zero attached hydrogens (tertiary/aromatic N) is 3. The average molecular weight is 423 g/mol. The van der Waals surface area contributed by atoms with Crippen molar-refractivity contribution in [3.05, 3.63) is 80.3 Å². The van der Waals surface area contributed by atoms with Crippen LogP contribution in [0, 0.1) is 15.9 Å². The number of nitrogens with one attached hydrogen (secondary N) is 1. The molecule has 0 fully saturated rings. The van der Waals surface area contributed by atoms with Crippen molar-refractivity contribution in [1.82, 2.24) is 4.57 Å². The number of amides is 1. The lowest BCUT2D eigenvalue weighted by Crippen LogP contribution is -2.19. The maximum absolute atomic E-state index is 13.7. The molecule has 0 aliphatic heterocycles. The molecule has 7 nitrogen and oxygen atoms in total. The van der Waals surface area contributed by atoms with Gasteiger partial charge in [0.2, 0.25) is 5.91 Å². The van der Waals surface area contributed by atoms with E-state index < -0.39 is 10.7 Å². The molecule has 0 aliphatic carbocycles. The minimum absolute atomic E-state index is 0. The number of non-ortho nitro benzene ring substituents is 1. The molecule has 28 heavy (non-hydrogen) atoms. The van der Waals surface area contributed by atoms with Crippen molar-refractivity contribution >= 4 is 46.7 Å². The summed E-state index contributed by atoms with van der Waals surface area (Å²) >= 11 is 1.31. The summed E-state index contributed by atoms with van der Waals surface area (Å²) in [5, 5.41) is 15.1.